The van der Waals surface area contributed by atoms with Gasteiger partial charge in [-0.25, -0.2) is 0 Å². The highest BCUT2D eigenvalue weighted by atomic mass is 32.2. The average molecular weight is 395 g/mol. The van der Waals surface area contributed by atoms with Gasteiger partial charge < -0.3 is 15.0 Å². The predicted molar refractivity (Wildman–Crippen MR) is 114 cm³/mol. The molecule has 0 unspecified atom stereocenters. The zero-order valence-corrected chi connectivity index (χ0v) is 16.6. The Labute approximate surface area is 168 Å². The van der Waals surface area contributed by atoms with Crippen molar-refractivity contribution in [3.8, 4) is 5.75 Å². The summed E-state index contributed by atoms with van der Waals surface area (Å²) in [4.78, 5) is 0. The molecule has 0 fully saturated rings. The number of nitrogens with two attached hydrogens (primary N) is 1. The molecule has 7 heteroatoms. The van der Waals surface area contributed by atoms with E-state index in [9.17, 15) is 0 Å². The van der Waals surface area contributed by atoms with Crippen LogP contribution in [0.2, 0.25) is 0 Å². The van der Waals surface area contributed by atoms with E-state index in [-0.39, 0.29) is 0 Å². The lowest BCUT2D eigenvalue weighted by atomic mass is 10.2. The molecule has 0 atom stereocenters. The highest BCUT2D eigenvalue weighted by molar-refractivity contribution is 8.13. The summed E-state index contributed by atoms with van der Waals surface area (Å²) in [5.74, 6) is 2.27. The maximum atomic E-state index is 5.91. The number of ether oxygens (including phenoxy) is 1. The van der Waals surface area contributed by atoms with Crippen LogP contribution >= 0.6 is 11.8 Å². The number of hydrogen-bond acceptors (Lipinski definition) is 6. The second-order valence-electron chi connectivity index (χ2n) is 6.12. The van der Waals surface area contributed by atoms with Crippen molar-refractivity contribution in [1.82, 2.24) is 5.16 Å². The molecule has 6 nitrogen and oxygen atoms in total. The van der Waals surface area contributed by atoms with Crippen LogP contribution < -0.4 is 10.5 Å². The maximum Gasteiger partial charge on any atom is 0.180 e. The molecular weight excluding hydrogens is 372 g/mol. The zero-order chi connectivity index (χ0) is 19.8. The standard InChI is InChI=1S/C21H22N4O2S/c1-15-20(16(2)27-25-15)13-26-19-10-6-9-18(11-19)12-23-24-21(22)28-14-17-7-4-3-5-8-17/h3-12H,13-14H2,1-2H3,(H2,22,24). The van der Waals surface area contributed by atoms with E-state index in [1.54, 1.807) is 6.21 Å². The number of benzene rings is 2. The van der Waals surface area contributed by atoms with Gasteiger partial charge in [0.1, 0.15) is 18.1 Å². The summed E-state index contributed by atoms with van der Waals surface area (Å²) in [6, 6.07) is 17.7. The monoisotopic (exact) mass is 394 g/mol. The second kappa shape index (κ2) is 9.75. The quantitative estimate of drug-likeness (QED) is 0.363. The first-order valence-electron chi connectivity index (χ1n) is 8.79. The maximum absolute atomic E-state index is 5.91. The van der Waals surface area contributed by atoms with Crippen LogP contribution in [-0.2, 0) is 12.4 Å². The molecule has 0 aliphatic carbocycles. The number of hydrogen-bond donors (Lipinski definition) is 1. The van der Waals surface area contributed by atoms with E-state index < -0.39 is 0 Å². The first-order chi connectivity index (χ1) is 13.6. The minimum Gasteiger partial charge on any atom is -0.489 e. The summed E-state index contributed by atoms with van der Waals surface area (Å²) in [6.45, 7) is 4.18. The van der Waals surface area contributed by atoms with Crippen molar-refractivity contribution < 1.29 is 9.26 Å². The van der Waals surface area contributed by atoms with Gasteiger partial charge in [-0.3, -0.25) is 0 Å². The van der Waals surface area contributed by atoms with Crippen LogP contribution in [0.15, 0.2) is 69.3 Å². The van der Waals surface area contributed by atoms with Gasteiger partial charge in [0, 0.05) is 5.75 Å². The highest BCUT2D eigenvalue weighted by Gasteiger charge is 2.09. The number of thioether (sulfide) groups is 1. The fraction of sp³-hybridized carbons (Fsp3) is 0.190. The Kier molecular flexibility index (Phi) is 6.86. The van der Waals surface area contributed by atoms with E-state index in [1.807, 2.05) is 56.3 Å². The summed E-state index contributed by atoms with van der Waals surface area (Å²) >= 11 is 1.45. The van der Waals surface area contributed by atoms with Crippen LogP contribution in [-0.4, -0.2) is 16.5 Å². The highest BCUT2D eigenvalue weighted by Crippen LogP contribution is 2.18. The summed E-state index contributed by atoms with van der Waals surface area (Å²) < 4.78 is 11.0. The fourth-order valence-corrected chi connectivity index (χ4v) is 3.07. The Balaban J connectivity index is 1.54. The van der Waals surface area contributed by atoms with E-state index >= 15 is 0 Å². The summed E-state index contributed by atoms with van der Waals surface area (Å²) in [5, 5.41) is 12.5. The SMILES string of the molecule is Cc1noc(C)c1COc1cccc(C=NN=C(N)SCc2ccccc2)c1. The van der Waals surface area contributed by atoms with Gasteiger partial charge in [-0.1, -0.05) is 59.4 Å². The van der Waals surface area contributed by atoms with Crippen LogP contribution in [0.5, 0.6) is 5.75 Å². The molecule has 0 radical (unpaired) electrons. The number of amidine groups is 1. The van der Waals surface area contributed by atoms with Crippen molar-refractivity contribution in [1.29, 1.82) is 0 Å². The average Bonchev–Trinajstić information content (AvgIpc) is 3.03. The second-order valence-corrected chi connectivity index (χ2v) is 7.12. The summed E-state index contributed by atoms with van der Waals surface area (Å²) in [7, 11) is 0. The normalized spacial score (nSPS) is 11.9. The molecule has 0 saturated heterocycles. The minimum atomic E-state index is 0.406. The zero-order valence-electron chi connectivity index (χ0n) is 15.8. The van der Waals surface area contributed by atoms with Crippen LogP contribution in [0.4, 0.5) is 0 Å². The molecule has 2 N–H and O–H groups in total. The Morgan fingerprint density at radius 1 is 1.18 bits per heavy atom. The summed E-state index contributed by atoms with van der Waals surface area (Å²) in [6.07, 6.45) is 1.65. The third-order valence-electron chi connectivity index (χ3n) is 4.02. The number of aryl methyl sites for hydroxylation is 2. The lowest BCUT2D eigenvalue weighted by molar-refractivity contribution is 0.301. The topological polar surface area (TPSA) is 86.0 Å². The third kappa shape index (κ3) is 5.72. The van der Waals surface area contributed by atoms with Crippen molar-refractivity contribution >= 4 is 23.1 Å². The van der Waals surface area contributed by atoms with Gasteiger partial charge in [0.25, 0.3) is 0 Å². The molecular formula is C21H22N4O2S. The molecule has 0 aliphatic heterocycles. The third-order valence-corrected chi connectivity index (χ3v) is 4.87. The molecule has 2 aromatic carbocycles. The van der Waals surface area contributed by atoms with E-state index in [0.717, 1.165) is 34.1 Å². The van der Waals surface area contributed by atoms with Crippen molar-refractivity contribution in [2.45, 2.75) is 26.2 Å². The van der Waals surface area contributed by atoms with Crippen LogP contribution in [0, 0.1) is 13.8 Å². The largest absolute Gasteiger partial charge is 0.489 e. The smallest absolute Gasteiger partial charge is 0.180 e. The lowest BCUT2D eigenvalue weighted by Gasteiger charge is -2.06. The molecule has 3 rings (SSSR count). The van der Waals surface area contributed by atoms with Gasteiger partial charge in [-0.05, 0) is 37.1 Å². The van der Waals surface area contributed by atoms with Crippen molar-refractivity contribution in [2.24, 2.45) is 15.9 Å². The van der Waals surface area contributed by atoms with E-state index in [0.29, 0.717) is 11.8 Å². The number of nitrogens with zero attached hydrogens (tertiary/aromatic N) is 3. The molecule has 28 heavy (non-hydrogen) atoms. The van der Waals surface area contributed by atoms with Gasteiger partial charge >= 0.3 is 0 Å². The van der Waals surface area contributed by atoms with Gasteiger partial charge in [-0.2, -0.15) is 5.10 Å². The van der Waals surface area contributed by atoms with Crippen molar-refractivity contribution in [3.05, 3.63) is 82.7 Å². The Bertz CT molecular complexity index is 948. The van der Waals surface area contributed by atoms with Gasteiger partial charge in [0.15, 0.2) is 5.17 Å². The van der Waals surface area contributed by atoms with Crippen LogP contribution in [0.3, 0.4) is 0 Å². The van der Waals surface area contributed by atoms with Crippen LogP contribution in [0.1, 0.15) is 28.1 Å². The number of rotatable bonds is 7. The molecule has 0 saturated carbocycles. The molecule has 0 amide bonds. The predicted octanol–water partition coefficient (Wildman–Crippen LogP) is 4.45. The van der Waals surface area contributed by atoms with E-state index in [2.05, 4.69) is 27.5 Å². The Morgan fingerprint density at radius 3 is 2.75 bits per heavy atom. The molecule has 1 aromatic heterocycles. The molecule has 0 spiro atoms. The van der Waals surface area contributed by atoms with E-state index in [4.69, 9.17) is 15.0 Å². The fourth-order valence-electron chi connectivity index (χ4n) is 2.46. The van der Waals surface area contributed by atoms with E-state index in [1.165, 1.54) is 17.3 Å². The van der Waals surface area contributed by atoms with Gasteiger partial charge in [-0.15, -0.1) is 5.10 Å². The molecule has 1 heterocycles. The molecule has 0 bridgehead atoms. The van der Waals surface area contributed by atoms with Crippen LogP contribution in [0.25, 0.3) is 0 Å². The Hall–Kier alpha value is -3.06. The molecule has 144 valence electrons. The first-order valence-corrected chi connectivity index (χ1v) is 9.78. The Morgan fingerprint density at radius 2 is 2.00 bits per heavy atom. The molecule has 3 aromatic rings. The number of aromatic nitrogens is 1. The first kappa shape index (κ1) is 19.7. The van der Waals surface area contributed by atoms with Crippen molar-refractivity contribution in [2.75, 3.05) is 0 Å². The van der Waals surface area contributed by atoms with Gasteiger partial charge in [0.2, 0.25) is 0 Å². The van der Waals surface area contributed by atoms with Crippen molar-refractivity contribution in [3.63, 3.8) is 0 Å². The summed E-state index contributed by atoms with van der Waals surface area (Å²) in [5.41, 5.74) is 9.78. The molecule has 0 aliphatic rings. The van der Waals surface area contributed by atoms with Gasteiger partial charge in [0.05, 0.1) is 17.5 Å². The minimum absolute atomic E-state index is 0.406. The lowest BCUT2D eigenvalue weighted by Crippen LogP contribution is -2.06.